The molecule has 0 saturated carbocycles. The molecule has 4 nitrogen and oxygen atoms in total. The first-order valence-corrected chi connectivity index (χ1v) is 7.02. The zero-order valence-corrected chi connectivity index (χ0v) is 12.3. The fourth-order valence-electron chi connectivity index (χ4n) is 2.28. The van der Waals surface area contributed by atoms with E-state index in [0.29, 0.717) is 5.56 Å². The lowest BCUT2D eigenvalue weighted by Crippen LogP contribution is -2.17. The Labute approximate surface area is 135 Å². The van der Waals surface area contributed by atoms with Crippen molar-refractivity contribution < 1.29 is 18.0 Å². The summed E-state index contributed by atoms with van der Waals surface area (Å²) in [5.74, 6) is -0.448. The Kier molecular flexibility index (Phi) is 4.07. The smallest absolute Gasteiger partial charge is 0.360 e. The highest BCUT2D eigenvalue weighted by atomic mass is 19.4. The van der Waals surface area contributed by atoms with Crippen molar-refractivity contribution in [1.29, 1.82) is 0 Å². The van der Waals surface area contributed by atoms with Gasteiger partial charge in [0.1, 0.15) is 0 Å². The predicted octanol–water partition coefficient (Wildman–Crippen LogP) is 3.95. The Morgan fingerprint density at radius 1 is 1.12 bits per heavy atom. The molecule has 0 spiro atoms. The number of aromatic amines is 1. The first kappa shape index (κ1) is 15.8. The fraction of sp³-hybridized carbons (Fsp3) is 0.0588. The molecule has 7 heteroatoms. The zero-order valence-electron chi connectivity index (χ0n) is 12.3. The van der Waals surface area contributed by atoms with Gasteiger partial charge in [-0.25, -0.2) is 5.43 Å². The summed E-state index contributed by atoms with van der Waals surface area (Å²) < 4.78 is 37.9. The molecule has 0 unspecified atom stereocenters. The van der Waals surface area contributed by atoms with Crippen molar-refractivity contribution in [1.82, 2.24) is 10.4 Å². The van der Waals surface area contributed by atoms with Crippen LogP contribution in [0.1, 0.15) is 21.5 Å². The van der Waals surface area contributed by atoms with Crippen molar-refractivity contribution in [3.05, 3.63) is 71.4 Å². The second-order valence-corrected chi connectivity index (χ2v) is 5.07. The van der Waals surface area contributed by atoms with Crippen LogP contribution in [0, 0.1) is 0 Å². The number of benzene rings is 2. The molecule has 0 bridgehead atoms. The molecule has 0 aliphatic carbocycles. The number of hydrogen-bond donors (Lipinski definition) is 2. The number of alkyl halides is 3. The van der Waals surface area contributed by atoms with E-state index < -0.39 is 17.6 Å². The van der Waals surface area contributed by atoms with Gasteiger partial charge in [-0.2, -0.15) is 18.3 Å². The highest BCUT2D eigenvalue weighted by Crippen LogP contribution is 2.29. The van der Waals surface area contributed by atoms with E-state index in [1.807, 2.05) is 12.1 Å². The quantitative estimate of drug-likeness (QED) is 0.554. The number of hydrazone groups is 1. The van der Waals surface area contributed by atoms with Crippen LogP contribution in [-0.2, 0) is 6.18 Å². The number of rotatable bonds is 3. The normalized spacial score (nSPS) is 12.0. The van der Waals surface area contributed by atoms with E-state index >= 15 is 0 Å². The maximum atomic E-state index is 12.6. The summed E-state index contributed by atoms with van der Waals surface area (Å²) in [4.78, 5) is 15.1. The third-order valence-corrected chi connectivity index (χ3v) is 3.43. The predicted molar refractivity (Wildman–Crippen MR) is 84.8 cm³/mol. The summed E-state index contributed by atoms with van der Waals surface area (Å²) in [5.41, 5.74) is 3.00. The van der Waals surface area contributed by atoms with Gasteiger partial charge in [-0.15, -0.1) is 0 Å². The number of fused-ring (bicyclic) bond motifs is 1. The van der Waals surface area contributed by atoms with Crippen molar-refractivity contribution in [2.24, 2.45) is 5.10 Å². The molecule has 2 N–H and O–H groups in total. The molecule has 3 aromatic rings. The van der Waals surface area contributed by atoms with Crippen LogP contribution >= 0.6 is 0 Å². The minimum absolute atomic E-state index is 0.240. The number of aromatic nitrogens is 1. The summed E-state index contributed by atoms with van der Waals surface area (Å²) in [6, 6.07) is 12.0. The number of hydrogen-bond acceptors (Lipinski definition) is 2. The molecule has 1 aromatic heterocycles. The first-order valence-electron chi connectivity index (χ1n) is 7.02. The van der Waals surface area contributed by atoms with Gasteiger partial charge in [-0.05, 0) is 23.8 Å². The average Bonchev–Trinajstić information content (AvgIpc) is 2.98. The minimum Gasteiger partial charge on any atom is -0.360 e. The third-order valence-electron chi connectivity index (χ3n) is 3.43. The number of H-pyrrole nitrogens is 1. The highest BCUT2D eigenvalue weighted by molar-refractivity contribution is 6.06. The number of amides is 1. The zero-order chi connectivity index (χ0) is 17.2. The van der Waals surface area contributed by atoms with Crippen LogP contribution in [0.5, 0.6) is 0 Å². The Morgan fingerprint density at radius 2 is 1.92 bits per heavy atom. The lowest BCUT2D eigenvalue weighted by molar-refractivity contribution is -0.137. The molecule has 0 saturated heterocycles. The first-order chi connectivity index (χ1) is 11.4. The van der Waals surface area contributed by atoms with E-state index in [9.17, 15) is 18.0 Å². The number of carbonyl (C=O) groups excluding carboxylic acids is 1. The number of nitrogens with one attached hydrogen (secondary N) is 2. The molecule has 24 heavy (non-hydrogen) atoms. The van der Waals surface area contributed by atoms with E-state index in [1.54, 1.807) is 18.3 Å². The van der Waals surface area contributed by atoms with Crippen LogP contribution < -0.4 is 5.43 Å². The average molecular weight is 331 g/mol. The van der Waals surface area contributed by atoms with Gasteiger partial charge in [0.2, 0.25) is 0 Å². The lowest BCUT2D eigenvalue weighted by atomic mass is 10.1. The summed E-state index contributed by atoms with van der Waals surface area (Å²) in [7, 11) is 0. The molecular weight excluding hydrogens is 319 g/mol. The van der Waals surface area contributed by atoms with Gasteiger partial charge in [0, 0.05) is 17.1 Å². The molecule has 0 aliphatic rings. The highest BCUT2D eigenvalue weighted by Gasteiger charge is 2.30. The Hall–Kier alpha value is -3.09. The Bertz CT molecular complexity index is 913. The van der Waals surface area contributed by atoms with Gasteiger partial charge in [-0.1, -0.05) is 30.3 Å². The summed E-state index contributed by atoms with van der Waals surface area (Å²) in [6.45, 7) is 0. The van der Waals surface area contributed by atoms with Gasteiger partial charge in [0.05, 0.1) is 17.3 Å². The van der Waals surface area contributed by atoms with E-state index in [0.717, 1.165) is 23.0 Å². The van der Waals surface area contributed by atoms with Crippen molar-refractivity contribution >= 4 is 23.0 Å². The second kappa shape index (κ2) is 6.19. The second-order valence-electron chi connectivity index (χ2n) is 5.07. The van der Waals surface area contributed by atoms with Gasteiger partial charge in [-0.3, -0.25) is 4.79 Å². The van der Waals surface area contributed by atoms with E-state index in [1.165, 1.54) is 18.3 Å². The van der Waals surface area contributed by atoms with Gasteiger partial charge < -0.3 is 4.98 Å². The van der Waals surface area contributed by atoms with Crippen LogP contribution in [0.2, 0.25) is 0 Å². The van der Waals surface area contributed by atoms with Crippen LogP contribution in [0.25, 0.3) is 10.9 Å². The summed E-state index contributed by atoms with van der Waals surface area (Å²) >= 11 is 0. The molecule has 0 radical (unpaired) electrons. The molecule has 0 fully saturated rings. The third kappa shape index (κ3) is 3.29. The topological polar surface area (TPSA) is 57.2 Å². The van der Waals surface area contributed by atoms with Crippen LogP contribution in [-0.4, -0.2) is 17.1 Å². The number of carbonyl (C=O) groups is 1. The van der Waals surface area contributed by atoms with E-state index in [-0.39, 0.29) is 5.56 Å². The number of nitrogens with zero attached hydrogens (tertiary/aromatic N) is 1. The molecule has 1 heterocycles. The minimum atomic E-state index is -4.42. The SMILES string of the molecule is O=C(NN=Cc1cccc(C(F)(F)F)c1)c1c[nH]c2ccccc12. The van der Waals surface area contributed by atoms with Crippen molar-refractivity contribution in [2.75, 3.05) is 0 Å². The standard InChI is InChI=1S/C17H12F3N3O/c18-17(19,20)12-5-3-4-11(8-12)9-22-23-16(24)14-10-21-15-7-2-1-6-13(14)15/h1-10,21H,(H,23,24). The van der Waals surface area contributed by atoms with Crippen LogP contribution in [0.4, 0.5) is 13.2 Å². The van der Waals surface area contributed by atoms with E-state index in [4.69, 9.17) is 0 Å². The summed E-state index contributed by atoms with van der Waals surface area (Å²) in [6.07, 6.45) is -1.70. The molecule has 122 valence electrons. The molecule has 3 rings (SSSR count). The lowest BCUT2D eigenvalue weighted by Gasteiger charge is -2.06. The van der Waals surface area contributed by atoms with Gasteiger partial charge >= 0.3 is 6.18 Å². The van der Waals surface area contributed by atoms with Gasteiger partial charge in [0.25, 0.3) is 5.91 Å². The van der Waals surface area contributed by atoms with Crippen molar-refractivity contribution in [3.63, 3.8) is 0 Å². The maximum absolute atomic E-state index is 12.6. The Morgan fingerprint density at radius 3 is 2.71 bits per heavy atom. The maximum Gasteiger partial charge on any atom is 0.416 e. The van der Waals surface area contributed by atoms with Gasteiger partial charge in [0.15, 0.2) is 0 Å². The number of para-hydroxylation sites is 1. The van der Waals surface area contributed by atoms with Crippen molar-refractivity contribution in [3.8, 4) is 0 Å². The molecule has 2 aromatic carbocycles. The van der Waals surface area contributed by atoms with E-state index in [2.05, 4.69) is 15.5 Å². The largest absolute Gasteiger partial charge is 0.416 e. The molecule has 0 atom stereocenters. The van der Waals surface area contributed by atoms with Crippen molar-refractivity contribution in [2.45, 2.75) is 6.18 Å². The monoisotopic (exact) mass is 331 g/mol. The number of halogens is 3. The summed E-state index contributed by atoms with van der Waals surface area (Å²) in [5, 5.41) is 4.46. The van der Waals surface area contributed by atoms with Crippen LogP contribution in [0.15, 0.2) is 59.8 Å². The molecular formula is C17H12F3N3O. The molecule has 0 aliphatic heterocycles. The molecule has 1 amide bonds. The van der Waals surface area contributed by atoms with Crippen LogP contribution in [0.3, 0.4) is 0 Å². The fourth-order valence-corrected chi connectivity index (χ4v) is 2.28. The Balaban J connectivity index is 1.73.